The first-order chi connectivity index (χ1) is 7.54. The Balaban J connectivity index is 2.71. The number of nitrogens with zero attached hydrogens (tertiary/aromatic N) is 1. The number of hydrogen-bond acceptors (Lipinski definition) is 3. The largest absolute Gasteiger partial charge is 0.480 e. The van der Waals surface area contributed by atoms with E-state index in [4.69, 9.17) is 5.11 Å². The first-order valence-electron chi connectivity index (χ1n) is 5.22. The van der Waals surface area contributed by atoms with Gasteiger partial charge in [-0.15, -0.1) is 0 Å². The van der Waals surface area contributed by atoms with Crippen LogP contribution < -0.4 is 10.2 Å². The Morgan fingerprint density at radius 1 is 1.56 bits per heavy atom. The van der Waals surface area contributed by atoms with Gasteiger partial charge in [0.25, 0.3) is 0 Å². The summed E-state index contributed by atoms with van der Waals surface area (Å²) in [5, 5.41) is 11.7. The van der Waals surface area contributed by atoms with Crippen LogP contribution in [0.1, 0.15) is 5.56 Å². The second kappa shape index (κ2) is 5.51. The van der Waals surface area contributed by atoms with E-state index in [-0.39, 0.29) is 0 Å². The van der Waals surface area contributed by atoms with Crippen molar-refractivity contribution in [3.63, 3.8) is 0 Å². The number of carboxylic acid groups (broad SMARTS) is 1. The van der Waals surface area contributed by atoms with Crippen molar-refractivity contribution in [2.45, 2.75) is 13.0 Å². The highest BCUT2D eigenvalue weighted by Gasteiger charge is 2.17. The number of aliphatic carboxylic acids is 1. The van der Waals surface area contributed by atoms with Crippen molar-refractivity contribution in [3.05, 3.63) is 29.8 Å². The van der Waals surface area contributed by atoms with E-state index in [1.165, 1.54) is 5.56 Å². The van der Waals surface area contributed by atoms with E-state index in [1.807, 2.05) is 43.1 Å². The van der Waals surface area contributed by atoms with Crippen LogP contribution in [0, 0.1) is 6.92 Å². The van der Waals surface area contributed by atoms with Crippen molar-refractivity contribution < 1.29 is 9.90 Å². The molecule has 88 valence electrons. The molecule has 1 rings (SSSR count). The topological polar surface area (TPSA) is 52.6 Å². The van der Waals surface area contributed by atoms with Gasteiger partial charge in [0.1, 0.15) is 6.04 Å². The number of rotatable bonds is 5. The molecule has 0 aliphatic heterocycles. The first-order valence-corrected chi connectivity index (χ1v) is 5.22. The van der Waals surface area contributed by atoms with E-state index < -0.39 is 12.0 Å². The molecule has 4 heteroatoms. The van der Waals surface area contributed by atoms with E-state index in [0.717, 1.165) is 5.69 Å². The van der Waals surface area contributed by atoms with Crippen molar-refractivity contribution >= 4 is 11.7 Å². The van der Waals surface area contributed by atoms with Gasteiger partial charge in [0.15, 0.2) is 0 Å². The molecule has 0 fully saturated rings. The van der Waals surface area contributed by atoms with Crippen LogP contribution in [-0.4, -0.2) is 37.8 Å². The molecule has 1 aromatic rings. The van der Waals surface area contributed by atoms with E-state index in [1.54, 1.807) is 7.05 Å². The molecule has 16 heavy (non-hydrogen) atoms. The highest BCUT2D eigenvalue weighted by molar-refractivity contribution is 5.74. The fraction of sp³-hybridized carbons (Fsp3) is 0.417. The zero-order valence-electron chi connectivity index (χ0n) is 9.90. The molecule has 0 aliphatic carbocycles. The number of carboxylic acids is 1. The normalized spacial score (nSPS) is 12.2. The zero-order valence-corrected chi connectivity index (χ0v) is 9.90. The van der Waals surface area contributed by atoms with Gasteiger partial charge in [-0.2, -0.15) is 0 Å². The monoisotopic (exact) mass is 222 g/mol. The van der Waals surface area contributed by atoms with Crippen LogP contribution in [0.4, 0.5) is 5.69 Å². The number of anilines is 1. The number of benzene rings is 1. The van der Waals surface area contributed by atoms with Crippen LogP contribution >= 0.6 is 0 Å². The summed E-state index contributed by atoms with van der Waals surface area (Å²) in [5.41, 5.74) is 2.20. The number of hydrogen-bond donors (Lipinski definition) is 2. The molecule has 0 saturated heterocycles. The van der Waals surface area contributed by atoms with Crippen molar-refractivity contribution in [2.24, 2.45) is 0 Å². The van der Waals surface area contributed by atoms with Crippen LogP contribution in [-0.2, 0) is 4.79 Å². The van der Waals surface area contributed by atoms with E-state index in [9.17, 15) is 4.79 Å². The molecule has 0 spiro atoms. The quantitative estimate of drug-likeness (QED) is 0.783. The standard InChI is InChI=1S/C12H18N2O2/c1-9-5-4-6-10(7-9)14(3)8-11(13-2)12(15)16/h4-7,11,13H,8H2,1-3H3,(H,15,16). The molecule has 2 N–H and O–H groups in total. The summed E-state index contributed by atoms with van der Waals surface area (Å²) < 4.78 is 0. The van der Waals surface area contributed by atoms with Crippen molar-refractivity contribution in [3.8, 4) is 0 Å². The molecule has 0 saturated carbocycles. The van der Waals surface area contributed by atoms with E-state index in [0.29, 0.717) is 6.54 Å². The second-order valence-corrected chi connectivity index (χ2v) is 3.90. The predicted octanol–water partition coefficient (Wildman–Crippen LogP) is 1.10. The zero-order chi connectivity index (χ0) is 12.1. The van der Waals surface area contributed by atoms with Gasteiger partial charge in [0, 0.05) is 19.3 Å². The molecule has 0 aliphatic rings. The highest BCUT2D eigenvalue weighted by Crippen LogP contribution is 2.14. The van der Waals surface area contributed by atoms with Crippen molar-refractivity contribution in [2.75, 3.05) is 25.5 Å². The lowest BCUT2D eigenvalue weighted by Crippen LogP contribution is -2.43. The summed E-state index contributed by atoms with van der Waals surface area (Å²) in [4.78, 5) is 12.8. The summed E-state index contributed by atoms with van der Waals surface area (Å²) in [7, 11) is 3.55. The van der Waals surface area contributed by atoms with Crippen LogP contribution in [0.2, 0.25) is 0 Å². The minimum Gasteiger partial charge on any atom is -0.480 e. The average Bonchev–Trinajstić information content (AvgIpc) is 2.25. The highest BCUT2D eigenvalue weighted by atomic mass is 16.4. The molecule has 1 aromatic carbocycles. The van der Waals surface area contributed by atoms with Crippen LogP contribution in [0.25, 0.3) is 0 Å². The molecule has 0 heterocycles. The number of nitrogens with one attached hydrogen (secondary N) is 1. The molecular formula is C12H18N2O2. The van der Waals surface area contributed by atoms with Gasteiger partial charge in [-0.05, 0) is 31.7 Å². The molecule has 0 amide bonds. The average molecular weight is 222 g/mol. The molecule has 1 atom stereocenters. The Kier molecular flexibility index (Phi) is 4.31. The Bertz CT molecular complexity index is 366. The third-order valence-corrected chi connectivity index (χ3v) is 2.55. The summed E-state index contributed by atoms with van der Waals surface area (Å²) in [5.74, 6) is -0.831. The van der Waals surface area contributed by atoms with Gasteiger partial charge in [0.2, 0.25) is 0 Å². The lowest BCUT2D eigenvalue weighted by molar-refractivity contribution is -0.139. The minimum absolute atomic E-state index is 0.440. The number of aryl methyl sites for hydroxylation is 1. The maximum Gasteiger partial charge on any atom is 0.322 e. The lowest BCUT2D eigenvalue weighted by atomic mass is 10.2. The third-order valence-electron chi connectivity index (χ3n) is 2.55. The summed E-state index contributed by atoms with van der Waals surface area (Å²) in [6, 6.07) is 7.45. The molecular weight excluding hydrogens is 204 g/mol. The molecule has 0 bridgehead atoms. The van der Waals surface area contributed by atoms with E-state index in [2.05, 4.69) is 5.32 Å². The van der Waals surface area contributed by atoms with Gasteiger partial charge in [0.05, 0.1) is 0 Å². The van der Waals surface area contributed by atoms with Gasteiger partial charge in [-0.1, -0.05) is 12.1 Å². The Hall–Kier alpha value is -1.55. The fourth-order valence-electron chi connectivity index (χ4n) is 1.54. The molecule has 0 radical (unpaired) electrons. The van der Waals surface area contributed by atoms with Crippen molar-refractivity contribution in [1.29, 1.82) is 0 Å². The Labute approximate surface area is 95.9 Å². The summed E-state index contributed by atoms with van der Waals surface area (Å²) >= 11 is 0. The van der Waals surface area contributed by atoms with Gasteiger partial charge in [-0.3, -0.25) is 4.79 Å². The summed E-state index contributed by atoms with van der Waals surface area (Å²) in [6.45, 7) is 2.46. The summed E-state index contributed by atoms with van der Waals surface area (Å²) in [6.07, 6.45) is 0. The van der Waals surface area contributed by atoms with Gasteiger partial charge >= 0.3 is 5.97 Å². The van der Waals surface area contributed by atoms with E-state index >= 15 is 0 Å². The SMILES string of the molecule is CNC(CN(C)c1cccc(C)c1)C(=O)O. The predicted molar refractivity (Wildman–Crippen MR) is 64.9 cm³/mol. The first kappa shape index (κ1) is 12.5. The van der Waals surface area contributed by atoms with Crippen LogP contribution in [0.15, 0.2) is 24.3 Å². The Morgan fingerprint density at radius 2 is 2.25 bits per heavy atom. The maximum atomic E-state index is 10.9. The molecule has 0 aromatic heterocycles. The fourth-order valence-corrected chi connectivity index (χ4v) is 1.54. The molecule has 1 unspecified atom stereocenters. The van der Waals surface area contributed by atoms with Crippen LogP contribution in [0.5, 0.6) is 0 Å². The second-order valence-electron chi connectivity index (χ2n) is 3.90. The number of carbonyl (C=O) groups is 1. The minimum atomic E-state index is -0.831. The maximum absolute atomic E-state index is 10.9. The smallest absolute Gasteiger partial charge is 0.322 e. The lowest BCUT2D eigenvalue weighted by Gasteiger charge is -2.23. The number of likely N-dealkylation sites (N-methyl/N-ethyl adjacent to an activating group) is 2. The molecule has 4 nitrogen and oxygen atoms in total. The van der Waals surface area contributed by atoms with Gasteiger partial charge < -0.3 is 15.3 Å². The Morgan fingerprint density at radius 3 is 2.75 bits per heavy atom. The van der Waals surface area contributed by atoms with Gasteiger partial charge in [-0.25, -0.2) is 0 Å². The van der Waals surface area contributed by atoms with Crippen molar-refractivity contribution in [1.82, 2.24) is 5.32 Å². The van der Waals surface area contributed by atoms with Crippen LogP contribution in [0.3, 0.4) is 0 Å². The third kappa shape index (κ3) is 3.24.